The van der Waals surface area contributed by atoms with Gasteiger partial charge in [-0.15, -0.1) is 0 Å². The number of rotatable bonds is 44. The third kappa shape index (κ3) is 33.5. The van der Waals surface area contributed by atoms with E-state index in [1.807, 2.05) is 0 Å². The zero-order valence-electron chi connectivity index (χ0n) is 41.1. The van der Waals surface area contributed by atoms with Crippen molar-refractivity contribution in [3.05, 3.63) is 48.6 Å². The van der Waals surface area contributed by atoms with E-state index >= 15 is 0 Å². The van der Waals surface area contributed by atoms with E-state index in [4.69, 9.17) is 9.47 Å². The SMILES string of the molecule is CCCCCCC/C=C/CC/C=C/CC/C=C/C(O)C(COC1OC(CO)C(O)C(OS(=O)(=O)O)C1O)NC(=O)C(O)CCCCCCCC/C=C\CCCCCCCCCCCCCC. The molecule has 1 rings (SSSR count). The maximum absolute atomic E-state index is 13.2. The first-order valence-electron chi connectivity index (χ1n) is 26.1. The predicted molar refractivity (Wildman–Crippen MR) is 265 cm³/mol. The summed E-state index contributed by atoms with van der Waals surface area (Å²) in [5, 5.41) is 55.3. The molecular weight excluding hydrogens is 863 g/mol. The predicted octanol–water partition coefficient (Wildman–Crippen LogP) is 10.2. The number of amides is 1. The minimum Gasteiger partial charge on any atom is -0.394 e. The van der Waals surface area contributed by atoms with Crippen LogP contribution in [0.25, 0.3) is 0 Å². The number of aliphatic hydroxyl groups is 5. The molecule has 0 aromatic heterocycles. The molecule has 1 amide bonds. The summed E-state index contributed by atoms with van der Waals surface area (Å²) < 4.78 is 47.6. The summed E-state index contributed by atoms with van der Waals surface area (Å²) in [6.45, 7) is 3.19. The van der Waals surface area contributed by atoms with Crippen LogP contribution in [0.3, 0.4) is 0 Å². The van der Waals surface area contributed by atoms with Gasteiger partial charge in [0.05, 0.1) is 25.4 Å². The van der Waals surface area contributed by atoms with Crippen molar-refractivity contribution >= 4 is 16.3 Å². The molecule has 0 aliphatic carbocycles. The molecule has 0 spiro atoms. The summed E-state index contributed by atoms with van der Waals surface area (Å²) in [6, 6.07) is -1.15. The van der Waals surface area contributed by atoms with Crippen LogP contribution in [0.15, 0.2) is 48.6 Å². The zero-order chi connectivity index (χ0) is 48.5. The lowest BCUT2D eigenvalue weighted by Crippen LogP contribution is -2.61. The molecule has 8 unspecified atom stereocenters. The number of hydrogen-bond donors (Lipinski definition) is 7. The summed E-state index contributed by atoms with van der Waals surface area (Å²) >= 11 is 0. The van der Waals surface area contributed by atoms with Crippen LogP contribution in [-0.2, 0) is 28.9 Å². The van der Waals surface area contributed by atoms with E-state index in [-0.39, 0.29) is 6.42 Å². The molecule has 8 atom stereocenters. The Labute approximate surface area is 400 Å². The summed E-state index contributed by atoms with van der Waals surface area (Å²) in [6.07, 6.45) is 40.5. The van der Waals surface area contributed by atoms with Crippen LogP contribution in [0.5, 0.6) is 0 Å². The number of allylic oxidation sites excluding steroid dienone is 7. The second-order valence-corrected chi connectivity index (χ2v) is 19.3. The Kier molecular flexibility index (Phi) is 39.4. The average molecular weight is 958 g/mol. The number of ether oxygens (including phenoxy) is 2. The zero-order valence-corrected chi connectivity index (χ0v) is 41.9. The molecule has 7 N–H and O–H groups in total. The topological polar surface area (TPSA) is 212 Å². The Bertz CT molecular complexity index is 1370. The molecule has 0 bridgehead atoms. The van der Waals surface area contributed by atoms with Crippen molar-refractivity contribution in [2.24, 2.45) is 0 Å². The summed E-state index contributed by atoms with van der Waals surface area (Å²) in [5.41, 5.74) is 0. The van der Waals surface area contributed by atoms with Crippen LogP contribution in [0, 0.1) is 0 Å². The Morgan fingerprint density at radius 3 is 1.45 bits per heavy atom. The molecule has 386 valence electrons. The third-order valence-electron chi connectivity index (χ3n) is 12.2. The molecule has 13 nitrogen and oxygen atoms in total. The summed E-state index contributed by atoms with van der Waals surface area (Å²) in [5.74, 6) is -0.721. The largest absolute Gasteiger partial charge is 0.397 e. The highest BCUT2D eigenvalue weighted by Gasteiger charge is 2.48. The molecule has 1 saturated heterocycles. The quantitative estimate of drug-likeness (QED) is 0.0173. The normalized spacial score (nSPS) is 20.9. The van der Waals surface area contributed by atoms with Crippen molar-refractivity contribution in [1.82, 2.24) is 5.32 Å². The first-order chi connectivity index (χ1) is 31.9. The van der Waals surface area contributed by atoms with Gasteiger partial charge in [-0.3, -0.25) is 9.35 Å². The Hall–Kier alpha value is -1.98. The van der Waals surface area contributed by atoms with Crippen LogP contribution >= 0.6 is 0 Å². The molecule has 1 aliphatic rings. The van der Waals surface area contributed by atoms with E-state index in [0.29, 0.717) is 12.8 Å². The van der Waals surface area contributed by atoms with Gasteiger partial charge >= 0.3 is 10.4 Å². The fourth-order valence-electron chi connectivity index (χ4n) is 8.02. The lowest BCUT2D eigenvalue weighted by molar-refractivity contribution is -0.298. The Morgan fingerprint density at radius 1 is 0.606 bits per heavy atom. The second-order valence-electron chi connectivity index (χ2n) is 18.2. The fourth-order valence-corrected chi connectivity index (χ4v) is 8.53. The van der Waals surface area contributed by atoms with Gasteiger partial charge in [0.1, 0.15) is 30.5 Å². The van der Waals surface area contributed by atoms with Gasteiger partial charge in [0.25, 0.3) is 0 Å². The first-order valence-corrected chi connectivity index (χ1v) is 27.5. The van der Waals surface area contributed by atoms with Crippen LogP contribution in [0.4, 0.5) is 0 Å². The van der Waals surface area contributed by atoms with Gasteiger partial charge in [-0.1, -0.05) is 191 Å². The van der Waals surface area contributed by atoms with Crippen LogP contribution in [-0.4, -0.2) is 107 Å². The van der Waals surface area contributed by atoms with E-state index in [1.165, 1.54) is 115 Å². The van der Waals surface area contributed by atoms with Gasteiger partial charge in [0, 0.05) is 0 Å². The highest BCUT2D eigenvalue weighted by atomic mass is 32.3. The lowest BCUT2D eigenvalue weighted by Gasteiger charge is -2.41. The molecule has 14 heteroatoms. The van der Waals surface area contributed by atoms with Gasteiger partial charge < -0.3 is 40.3 Å². The lowest BCUT2D eigenvalue weighted by atomic mass is 9.99. The molecule has 1 fully saturated rings. The summed E-state index contributed by atoms with van der Waals surface area (Å²) in [4.78, 5) is 13.2. The van der Waals surface area contributed by atoms with E-state index in [1.54, 1.807) is 6.08 Å². The maximum Gasteiger partial charge on any atom is 0.397 e. The number of aliphatic hydroxyl groups excluding tert-OH is 5. The van der Waals surface area contributed by atoms with Crippen LogP contribution < -0.4 is 5.32 Å². The third-order valence-corrected chi connectivity index (χ3v) is 12.6. The van der Waals surface area contributed by atoms with Crippen molar-refractivity contribution in [2.45, 2.75) is 262 Å². The van der Waals surface area contributed by atoms with Crippen molar-refractivity contribution in [2.75, 3.05) is 13.2 Å². The first kappa shape index (κ1) is 62.0. The monoisotopic (exact) mass is 958 g/mol. The number of unbranched alkanes of at least 4 members (excludes halogenated alkanes) is 25. The minimum absolute atomic E-state index is 0.226. The van der Waals surface area contributed by atoms with E-state index in [2.05, 4.69) is 59.8 Å². The summed E-state index contributed by atoms with van der Waals surface area (Å²) in [7, 11) is -5.13. The molecule has 1 aliphatic heterocycles. The maximum atomic E-state index is 13.2. The van der Waals surface area contributed by atoms with Gasteiger partial charge in [0.15, 0.2) is 6.29 Å². The van der Waals surface area contributed by atoms with Gasteiger partial charge in [0.2, 0.25) is 5.91 Å². The van der Waals surface area contributed by atoms with Crippen molar-refractivity contribution in [1.29, 1.82) is 0 Å². The fraction of sp³-hybridized carbons (Fsp3) is 0.827. The van der Waals surface area contributed by atoms with Crippen molar-refractivity contribution < 1.29 is 57.0 Å². The molecule has 0 aromatic carbocycles. The Balaban J connectivity index is 2.51. The Morgan fingerprint density at radius 2 is 1.02 bits per heavy atom. The van der Waals surface area contributed by atoms with Gasteiger partial charge in [-0.2, -0.15) is 8.42 Å². The molecule has 0 saturated carbocycles. The molecule has 0 aromatic rings. The van der Waals surface area contributed by atoms with Gasteiger partial charge in [-0.05, 0) is 70.6 Å². The average Bonchev–Trinajstić information content (AvgIpc) is 3.29. The van der Waals surface area contributed by atoms with Crippen LogP contribution in [0.2, 0.25) is 0 Å². The number of nitrogens with one attached hydrogen (secondary N) is 1. The second kappa shape index (κ2) is 41.9. The molecule has 1 heterocycles. The highest BCUT2D eigenvalue weighted by molar-refractivity contribution is 7.80. The van der Waals surface area contributed by atoms with Crippen molar-refractivity contribution in [3.63, 3.8) is 0 Å². The smallest absolute Gasteiger partial charge is 0.394 e. The molecule has 0 radical (unpaired) electrons. The van der Waals surface area contributed by atoms with E-state index in [0.717, 1.165) is 70.6 Å². The van der Waals surface area contributed by atoms with Crippen LogP contribution in [0.1, 0.15) is 213 Å². The molecule has 66 heavy (non-hydrogen) atoms. The van der Waals surface area contributed by atoms with E-state index in [9.17, 15) is 43.3 Å². The number of carbonyl (C=O) groups is 1. The standard InChI is InChI=1S/C52H95NO12S/c1-3-5-7-9-11-13-15-17-19-20-21-22-23-24-25-27-29-31-33-35-37-39-41-46(56)51(59)53-44(43-63-52-49(58)50(65-66(60,61)62)48(57)47(42-54)64-52)45(55)40-38-36-34-32-30-28-26-18-16-14-12-10-8-6-4-2/h16,18,24-25,30,32,38,40,44-50,52,54-58H,3-15,17,19-23,26-29,31,33-37,39,41-43H2,1-2H3,(H,53,59)(H,60,61,62)/b18-16+,25-24-,32-30+,40-38+. The number of carbonyl (C=O) groups excluding carboxylic acids is 1. The van der Waals surface area contributed by atoms with E-state index < -0.39 is 78.5 Å². The minimum atomic E-state index is -5.13. The van der Waals surface area contributed by atoms with Gasteiger partial charge in [-0.25, -0.2) is 4.18 Å². The highest BCUT2D eigenvalue weighted by Crippen LogP contribution is 2.26. The molecular formula is C52H95NO12S. The van der Waals surface area contributed by atoms with Crippen molar-refractivity contribution in [3.8, 4) is 0 Å². The number of hydrogen-bond acceptors (Lipinski definition) is 11.